The lowest BCUT2D eigenvalue weighted by Gasteiger charge is -2.25. The van der Waals surface area contributed by atoms with Crippen molar-refractivity contribution in [3.63, 3.8) is 0 Å². The third kappa shape index (κ3) is 3.04. The fourth-order valence-electron chi connectivity index (χ4n) is 2.17. The van der Waals surface area contributed by atoms with Crippen LogP contribution in [0.15, 0.2) is 48.5 Å². The Labute approximate surface area is 119 Å². The Kier molecular flexibility index (Phi) is 4.52. The van der Waals surface area contributed by atoms with E-state index in [0.717, 1.165) is 23.2 Å². The van der Waals surface area contributed by atoms with E-state index in [4.69, 9.17) is 5.26 Å². The maximum absolute atomic E-state index is 11.3. The van der Waals surface area contributed by atoms with Crippen molar-refractivity contribution in [2.24, 2.45) is 0 Å². The van der Waals surface area contributed by atoms with Crippen molar-refractivity contribution in [1.29, 1.82) is 5.26 Å². The molecule has 0 N–H and O–H groups in total. The van der Waals surface area contributed by atoms with Crippen molar-refractivity contribution in [3.8, 4) is 6.07 Å². The van der Waals surface area contributed by atoms with Crippen molar-refractivity contribution >= 4 is 17.7 Å². The molecule has 0 aliphatic carbocycles. The zero-order chi connectivity index (χ0) is 14.4. The minimum Gasteiger partial charge on any atom is -0.340 e. The van der Waals surface area contributed by atoms with E-state index >= 15 is 0 Å². The topological polar surface area (TPSA) is 44.1 Å². The molecule has 0 heterocycles. The molecule has 2 aromatic carbocycles. The van der Waals surface area contributed by atoms with E-state index in [1.807, 2.05) is 60.4 Å². The van der Waals surface area contributed by atoms with Gasteiger partial charge < -0.3 is 4.90 Å². The van der Waals surface area contributed by atoms with Crippen LogP contribution in [-0.4, -0.2) is 12.8 Å². The summed E-state index contributed by atoms with van der Waals surface area (Å²) in [6, 6.07) is 17.7. The van der Waals surface area contributed by atoms with Crippen LogP contribution in [0.5, 0.6) is 0 Å². The van der Waals surface area contributed by atoms with Crippen LogP contribution >= 0.6 is 0 Å². The number of hydrogen-bond acceptors (Lipinski definition) is 3. The molecule has 0 aromatic heterocycles. The SMILES string of the molecule is Cc1ccc(N(CCC#N)c2ccccc2)c(C=O)c1. The van der Waals surface area contributed by atoms with Gasteiger partial charge >= 0.3 is 0 Å². The Bertz CT molecular complexity index is 629. The summed E-state index contributed by atoms with van der Waals surface area (Å²) in [5.74, 6) is 0. The molecule has 100 valence electrons. The van der Waals surface area contributed by atoms with Gasteiger partial charge in [0.05, 0.1) is 18.2 Å². The van der Waals surface area contributed by atoms with Crippen molar-refractivity contribution in [3.05, 3.63) is 59.7 Å². The second-order valence-electron chi connectivity index (χ2n) is 4.58. The third-order valence-electron chi connectivity index (χ3n) is 3.12. The number of hydrogen-bond donors (Lipinski definition) is 0. The molecule has 0 amide bonds. The number of rotatable bonds is 5. The summed E-state index contributed by atoms with van der Waals surface area (Å²) in [4.78, 5) is 13.3. The number of carbonyl (C=O) groups excluding carboxylic acids is 1. The maximum atomic E-state index is 11.3. The number of anilines is 2. The number of nitriles is 1. The highest BCUT2D eigenvalue weighted by Gasteiger charge is 2.12. The first-order valence-electron chi connectivity index (χ1n) is 6.51. The summed E-state index contributed by atoms with van der Waals surface area (Å²) >= 11 is 0. The molecule has 3 heteroatoms. The lowest BCUT2D eigenvalue weighted by Crippen LogP contribution is -2.19. The average molecular weight is 264 g/mol. The fourth-order valence-corrected chi connectivity index (χ4v) is 2.17. The van der Waals surface area contributed by atoms with Crippen LogP contribution in [-0.2, 0) is 0 Å². The van der Waals surface area contributed by atoms with Gasteiger partial charge in [-0.1, -0.05) is 29.8 Å². The number of aryl methyl sites for hydroxylation is 1. The first-order valence-corrected chi connectivity index (χ1v) is 6.51. The highest BCUT2D eigenvalue weighted by atomic mass is 16.1. The molecule has 0 atom stereocenters. The molecule has 0 bridgehead atoms. The van der Waals surface area contributed by atoms with Gasteiger partial charge in [0.15, 0.2) is 6.29 Å². The van der Waals surface area contributed by atoms with Crippen LogP contribution in [0, 0.1) is 18.3 Å². The smallest absolute Gasteiger partial charge is 0.152 e. The Hall–Kier alpha value is -2.60. The molecule has 0 fully saturated rings. The van der Waals surface area contributed by atoms with E-state index in [-0.39, 0.29) is 0 Å². The molecule has 3 nitrogen and oxygen atoms in total. The van der Waals surface area contributed by atoms with Crippen LogP contribution in [0.4, 0.5) is 11.4 Å². The van der Waals surface area contributed by atoms with Gasteiger partial charge in [-0.2, -0.15) is 5.26 Å². The molecule has 0 aliphatic heterocycles. The highest BCUT2D eigenvalue weighted by Crippen LogP contribution is 2.28. The number of para-hydroxylation sites is 1. The molecule has 2 rings (SSSR count). The monoisotopic (exact) mass is 264 g/mol. The van der Waals surface area contributed by atoms with E-state index in [9.17, 15) is 4.79 Å². The van der Waals surface area contributed by atoms with Crippen LogP contribution in [0.25, 0.3) is 0 Å². The van der Waals surface area contributed by atoms with E-state index < -0.39 is 0 Å². The fraction of sp³-hybridized carbons (Fsp3) is 0.176. The molecule has 2 aromatic rings. The average Bonchev–Trinajstić information content (AvgIpc) is 2.49. The largest absolute Gasteiger partial charge is 0.340 e. The van der Waals surface area contributed by atoms with Gasteiger partial charge in [-0.15, -0.1) is 0 Å². The van der Waals surface area contributed by atoms with E-state index in [0.29, 0.717) is 18.5 Å². The first-order chi connectivity index (χ1) is 9.76. The first kappa shape index (κ1) is 13.8. The molecule has 0 unspecified atom stereocenters. The Morgan fingerprint density at radius 2 is 1.95 bits per heavy atom. The minimum atomic E-state index is 0.404. The summed E-state index contributed by atoms with van der Waals surface area (Å²) in [7, 11) is 0. The van der Waals surface area contributed by atoms with Gasteiger partial charge in [0.1, 0.15) is 0 Å². The molecule has 0 saturated carbocycles. The number of nitrogens with zero attached hydrogens (tertiary/aromatic N) is 2. The standard InChI is InChI=1S/C17H16N2O/c1-14-8-9-17(15(12-14)13-20)19(11-5-10-18)16-6-3-2-4-7-16/h2-4,6-9,12-13H,5,11H2,1H3. The van der Waals surface area contributed by atoms with Crippen molar-refractivity contribution in [2.45, 2.75) is 13.3 Å². The Balaban J connectivity index is 2.47. The highest BCUT2D eigenvalue weighted by molar-refractivity contribution is 5.87. The van der Waals surface area contributed by atoms with Crippen LogP contribution in [0.1, 0.15) is 22.3 Å². The van der Waals surface area contributed by atoms with Crippen LogP contribution in [0.3, 0.4) is 0 Å². The van der Waals surface area contributed by atoms with Crippen molar-refractivity contribution in [1.82, 2.24) is 0 Å². The van der Waals surface area contributed by atoms with E-state index in [2.05, 4.69) is 6.07 Å². The van der Waals surface area contributed by atoms with Gasteiger partial charge in [0.25, 0.3) is 0 Å². The molecule has 0 saturated heterocycles. The third-order valence-corrected chi connectivity index (χ3v) is 3.12. The van der Waals surface area contributed by atoms with Gasteiger partial charge in [-0.3, -0.25) is 4.79 Å². The summed E-state index contributed by atoms with van der Waals surface area (Å²) in [5.41, 5.74) is 3.51. The Morgan fingerprint density at radius 3 is 2.60 bits per heavy atom. The summed E-state index contributed by atoms with van der Waals surface area (Å²) < 4.78 is 0. The zero-order valence-corrected chi connectivity index (χ0v) is 11.4. The predicted octanol–water partition coefficient (Wildman–Crippen LogP) is 3.86. The van der Waals surface area contributed by atoms with Crippen molar-refractivity contribution in [2.75, 3.05) is 11.4 Å². The van der Waals surface area contributed by atoms with Gasteiger partial charge in [0.2, 0.25) is 0 Å². The molecule has 20 heavy (non-hydrogen) atoms. The van der Waals surface area contributed by atoms with Gasteiger partial charge in [0, 0.05) is 17.8 Å². The van der Waals surface area contributed by atoms with Crippen LogP contribution < -0.4 is 4.90 Å². The predicted molar refractivity (Wildman–Crippen MR) is 80.2 cm³/mol. The zero-order valence-electron chi connectivity index (χ0n) is 11.4. The van der Waals surface area contributed by atoms with E-state index in [1.165, 1.54) is 0 Å². The lowest BCUT2D eigenvalue weighted by atomic mass is 10.1. The molecule has 0 aliphatic rings. The summed E-state index contributed by atoms with van der Waals surface area (Å²) in [6.07, 6.45) is 1.27. The number of aldehydes is 1. The Morgan fingerprint density at radius 1 is 1.20 bits per heavy atom. The second-order valence-corrected chi connectivity index (χ2v) is 4.58. The van der Waals surface area contributed by atoms with Gasteiger partial charge in [-0.05, 0) is 31.2 Å². The molecule has 0 radical (unpaired) electrons. The maximum Gasteiger partial charge on any atom is 0.152 e. The van der Waals surface area contributed by atoms with E-state index in [1.54, 1.807) is 0 Å². The summed E-state index contributed by atoms with van der Waals surface area (Å²) in [5, 5.41) is 8.83. The molecule has 0 spiro atoms. The number of carbonyl (C=O) groups is 1. The molecular weight excluding hydrogens is 248 g/mol. The normalized spacial score (nSPS) is 9.80. The second kappa shape index (κ2) is 6.53. The quantitative estimate of drug-likeness (QED) is 0.770. The van der Waals surface area contributed by atoms with Gasteiger partial charge in [-0.25, -0.2) is 0 Å². The van der Waals surface area contributed by atoms with Crippen molar-refractivity contribution < 1.29 is 4.79 Å². The minimum absolute atomic E-state index is 0.404. The molecular formula is C17H16N2O. The lowest BCUT2D eigenvalue weighted by molar-refractivity contribution is 0.112. The van der Waals surface area contributed by atoms with Crippen LogP contribution in [0.2, 0.25) is 0 Å². The number of benzene rings is 2. The summed E-state index contributed by atoms with van der Waals surface area (Å²) in [6.45, 7) is 2.52.